The van der Waals surface area contributed by atoms with E-state index in [1.54, 1.807) is 24.3 Å². The summed E-state index contributed by atoms with van der Waals surface area (Å²) in [7, 11) is -9.74. The Bertz CT molecular complexity index is 1430. The second kappa shape index (κ2) is 41.0. The second-order valence-electron chi connectivity index (χ2n) is 14.8. The van der Waals surface area contributed by atoms with Crippen molar-refractivity contribution in [2.75, 3.05) is 26.4 Å². The number of ether oxygens (including phenoxy) is 2. The quantitative estimate of drug-likeness (QED) is 0.0127. The van der Waals surface area contributed by atoms with E-state index in [9.17, 15) is 33.8 Å². The third-order valence-corrected chi connectivity index (χ3v) is 10.3. The molecule has 0 radical (unpaired) electrons. The summed E-state index contributed by atoms with van der Waals surface area (Å²) in [5.41, 5.74) is 0. The number of aliphatic hydroxyl groups excluding tert-OH is 2. The van der Waals surface area contributed by atoms with Gasteiger partial charge in [0.05, 0.1) is 25.9 Å². The topological polar surface area (TPSA) is 216 Å². The van der Waals surface area contributed by atoms with E-state index in [0.29, 0.717) is 19.3 Å². The zero-order chi connectivity index (χ0) is 46.0. The third kappa shape index (κ3) is 43.9. The molecule has 0 aromatic rings. The summed E-state index contributed by atoms with van der Waals surface area (Å²) in [6.45, 7) is 1.42. The summed E-state index contributed by atoms with van der Waals surface area (Å²) in [4.78, 5) is 52.7. The lowest BCUT2D eigenvalue weighted by Crippen LogP contribution is -2.29. The Morgan fingerprint density at radius 1 is 0.548 bits per heavy atom. The van der Waals surface area contributed by atoms with Crippen molar-refractivity contribution in [2.24, 2.45) is 0 Å². The lowest BCUT2D eigenvalue weighted by atomic mass is 10.1. The van der Waals surface area contributed by atoms with E-state index in [1.165, 1.54) is 25.7 Å². The summed E-state index contributed by atoms with van der Waals surface area (Å²) < 4.78 is 47.6. The SMILES string of the molecule is CC/C=C\C/C=C\C/C=C\C/C=C\C=C/C(O)C/C=C\CCC(=O)OC[C@H](COP(=O)(O)OC[C@@H](O)COP(=O)(O)O)OC(=O)CCCCCCCCC/C=C\CCCCCC. The van der Waals surface area contributed by atoms with Gasteiger partial charge < -0.3 is 34.4 Å². The van der Waals surface area contributed by atoms with Crippen LogP contribution in [0.5, 0.6) is 0 Å². The number of hydrogen-bond donors (Lipinski definition) is 5. The number of aliphatic hydroxyl groups is 2. The molecule has 16 heteroatoms. The molecule has 0 aromatic carbocycles. The fourth-order valence-electron chi connectivity index (χ4n) is 5.45. The predicted molar refractivity (Wildman–Crippen MR) is 245 cm³/mol. The average molecular weight is 917 g/mol. The van der Waals surface area contributed by atoms with Crippen molar-refractivity contribution >= 4 is 27.6 Å². The molecule has 356 valence electrons. The van der Waals surface area contributed by atoms with Crippen molar-refractivity contribution in [3.8, 4) is 0 Å². The fraction of sp³-hybridized carbons (Fsp3) is 0.652. The molecular weight excluding hydrogens is 838 g/mol. The van der Waals surface area contributed by atoms with Gasteiger partial charge in [-0.05, 0) is 70.6 Å². The normalized spacial score (nSPS) is 15.3. The molecule has 0 aliphatic rings. The van der Waals surface area contributed by atoms with Crippen molar-refractivity contribution < 1.29 is 66.7 Å². The first-order valence-electron chi connectivity index (χ1n) is 22.4. The van der Waals surface area contributed by atoms with Gasteiger partial charge in [-0.3, -0.25) is 23.2 Å². The number of rotatable bonds is 41. The van der Waals surface area contributed by atoms with Crippen molar-refractivity contribution in [1.29, 1.82) is 0 Å². The van der Waals surface area contributed by atoms with E-state index in [4.69, 9.17) is 23.8 Å². The van der Waals surface area contributed by atoms with Crippen LogP contribution in [0.4, 0.5) is 0 Å². The molecule has 0 bridgehead atoms. The van der Waals surface area contributed by atoms with Gasteiger partial charge in [-0.25, -0.2) is 9.13 Å². The summed E-state index contributed by atoms with van der Waals surface area (Å²) >= 11 is 0. The maximum Gasteiger partial charge on any atom is 0.472 e. The molecule has 0 fully saturated rings. The zero-order valence-electron chi connectivity index (χ0n) is 37.3. The summed E-state index contributed by atoms with van der Waals surface area (Å²) in [5.74, 6) is -1.22. The van der Waals surface area contributed by atoms with Crippen LogP contribution in [0.1, 0.15) is 149 Å². The maximum absolute atomic E-state index is 12.7. The van der Waals surface area contributed by atoms with E-state index in [0.717, 1.165) is 77.0 Å². The minimum atomic E-state index is -4.89. The Balaban J connectivity index is 4.72. The second-order valence-corrected chi connectivity index (χ2v) is 17.5. The molecule has 0 spiro atoms. The Morgan fingerprint density at radius 3 is 1.73 bits per heavy atom. The van der Waals surface area contributed by atoms with Crippen molar-refractivity contribution in [3.63, 3.8) is 0 Å². The highest BCUT2D eigenvalue weighted by Gasteiger charge is 2.28. The molecule has 0 aliphatic heterocycles. The lowest BCUT2D eigenvalue weighted by molar-refractivity contribution is -0.161. The standard InChI is InChI=1S/C46H78O14P2/c1-3-5-7-9-11-13-15-17-18-20-22-24-26-28-32-37-46(50)60-44(41-59-62(54,55)58-39-43(48)38-57-61(51,52)53)40-56-45(49)36-33-29-31-35-42(47)34-30-27-25-23-21-19-16-14-12-10-8-6-4-2/h6,8,12-15,19,21,25,27,29-31,34,42-44,47-48H,3-5,7,9-11,16-18,20,22-24,26,28,32-33,35-41H2,1-2H3,(H,54,55)(H2,51,52,53)/b8-6-,14-12-,15-13-,21-19-,27-25-,31-29-,34-30-/t42?,43-,44+/m0/s1. The maximum atomic E-state index is 12.7. The Morgan fingerprint density at radius 2 is 1.10 bits per heavy atom. The molecule has 62 heavy (non-hydrogen) atoms. The molecule has 0 heterocycles. The van der Waals surface area contributed by atoms with Crippen molar-refractivity contribution in [1.82, 2.24) is 0 Å². The van der Waals surface area contributed by atoms with Crippen LogP contribution in [0.25, 0.3) is 0 Å². The van der Waals surface area contributed by atoms with E-state index in [1.807, 2.05) is 12.2 Å². The van der Waals surface area contributed by atoms with Crippen LogP contribution in [-0.4, -0.2) is 81.6 Å². The number of hydrogen-bond acceptors (Lipinski definition) is 11. The van der Waals surface area contributed by atoms with Gasteiger partial charge in [-0.15, -0.1) is 0 Å². The Hall–Kier alpha value is -2.74. The highest BCUT2D eigenvalue weighted by molar-refractivity contribution is 7.47. The highest BCUT2D eigenvalue weighted by Crippen LogP contribution is 2.43. The number of phosphoric ester groups is 2. The van der Waals surface area contributed by atoms with Crippen LogP contribution in [0.3, 0.4) is 0 Å². The molecule has 14 nitrogen and oxygen atoms in total. The number of allylic oxidation sites excluding steroid dienone is 12. The first kappa shape index (κ1) is 59.3. The monoisotopic (exact) mass is 916 g/mol. The van der Waals surface area contributed by atoms with E-state index in [2.05, 4.69) is 71.5 Å². The number of carbonyl (C=O) groups is 2. The van der Waals surface area contributed by atoms with Gasteiger partial charge in [0.1, 0.15) is 12.7 Å². The zero-order valence-corrected chi connectivity index (χ0v) is 39.1. The van der Waals surface area contributed by atoms with Gasteiger partial charge >= 0.3 is 27.6 Å². The van der Waals surface area contributed by atoms with Crippen LogP contribution < -0.4 is 0 Å². The molecular formula is C46H78O14P2. The molecule has 4 atom stereocenters. The number of phosphoric acid groups is 2. The van der Waals surface area contributed by atoms with Crippen LogP contribution in [0.2, 0.25) is 0 Å². The first-order valence-corrected chi connectivity index (χ1v) is 25.4. The number of carbonyl (C=O) groups excluding carboxylic acids is 2. The molecule has 0 rings (SSSR count). The van der Waals surface area contributed by atoms with E-state index < -0.39 is 72.3 Å². The Labute approximate surface area is 371 Å². The van der Waals surface area contributed by atoms with Gasteiger partial charge in [0, 0.05) is 12.8 Å². The van der Waals surface area contributed by atoms with Gasteiger partial charge in [-0.1, -0.05) is 150 Å². The molecule has 0 aliphatic carbocycles. The Kier molecular flexibility index (Phi) is 39.2. The average Bonchev–Trinajstić information content (AvgIpc) is 3.23. The van der Waals surface area contributed by atoms with Gasteiger partial charge in [-0.2, -0.15) is 0 Å². The molecule has 0 aromatic heterocycles. The number of unbranched alkanes of at least 4 members (excludes halogenated alkanes) is 11. The third-order valence-electron chi connectivity index (χ3n) is 8.85. The fourth-order valence-corrected chi connectivity index (χ4v) is 6.61. The number of esters is 2. The van der Waals surface area contributed by atoms with Gasteiger partial charge in [0.25, 0.3) is 0 Å². The molecule has 0 amide bonds. The lowest BCUT2D eigenvalue weighted by Gasteiger charge is -2.20. The van der Waals surface area contributed by atoms with Crippen molar-refractivity contribution in [3.05, 3.63) is 85.1 Å². The highest BCUT2D eigenvalue weighted by atomic mass is 31.2. The predicted octanol–water partition coefficient (Wildman–Crippen LogP) is 10.5. The van der Waals surface area contributed by atoms with Crippen molar-refractivity contribution in [2.45, 2.75) is 167 Å². The van der Waals surface area contributed by atoms with Crippen LogP contribution in [0, 0.1) is 0 Å². The molecule has 0 saturated heterocycles. The molecule has 0 saturated carbocycles. The summed E-state index contributed by atoms with van der Waals surface area (Å²) in [5, 5.41) is 19.9. The van der Waals surface area contributed by atoms with Gasteiger partial charge in [0.15, 0.2) is 6.10 Å². The first-order chi connectivity index (χ1) is 29.8. The van der Waals surface area contributed by atoms with Gasteiger partial charge in [0.2, 0.25) is 0 Å². The molecule has 5 N–H and O–H groups in total. The van der Waals surface area contributed by atoms with E-state index in [-0.39, 0.29) is 12.8 Å². The minimum absolute atomic E-state index is 0.0160. The molecule has 2 unspecified atom stereocenters. The van der Waals surface area contributed by atoms with Crippen LogP contribution >= 0.6 is 15.6 Å². The summed E-state index contributed by atoms with van der Waals surface area (Å²) in [6.07, 6.45) is 43.2. The summed E-state index contributed by atoms with van der Waals surface area (Å²) in [6, 6.07) is 0. The van der Waals surface area contributed by atoms with Crippen LogP contribution in [0.15, 0.2) is 85.1 Å². The largest absolute Gasteiger partial charge is 0.472 e. The minimum Gasteiger partial charge on any atom is -0.462 e. The van der Waals surface area contributed by atoms with E-state index >= 15 is 0 Å². The smallest absolute Gasteiger partial charge is 0.462 e. The van der Waals surface area contributed by atoms with Crippen LogP contribution in [-0.2, 0) is 41.8 Å².